The number of aromatic amines is 1. The van der Waals surface area contributed by atoms with Crippen LogP contribution in [0.4, 0.5) is 5.69 Å². The minimum Gasteiger partial charge on any atom is -0.361 e. The molecule has 4 aromatic rings. The van der Waals surface area contributed by atoms with Gasteiger partial charge in [-0.15, -0.1) is 0 Å². The third-order valence-electron chi connectivity index (χ3n) is 4.08. The molecule has 2 aromatic heterocycles. The van der Waals surface area contributed by atoms with Crippen LogP contribution in [0.25, 0.3) is 11.2 Å². The number of halogens is 1. The second kappa shape index (κ2) is 6.91. The Kier molecular flexibility index (Phi) is 4.31. The molecule has 6 heteroatoms. The molecule has 0 fully saturated rings. The van der Waals surface area contributed by atoms with Crippen molar-refractivity contribution in [3.63, 3.8) is 0 Å². The molecule has 0 spiro atoms. The van der Waals surface area contributed by atoms with Crippen molar-refractivity contribution in [2.24, 2.45) is 0 Å². The minimum absolute atomic E-state index is 0.621. The van der Waals surface area contributed by atoms with Crippen LogP contribution in [-0.4, -0.2) is 19.9 Å². The largest absolute Gasteiger partial charge is 0.361 e. The van der Waals surface area contributed by atoms with Crippen LogP contribution < -0.4 is 4.90 Å². The van der Waals surface area contributed by atoms with Gasteiger partial charge >= 0.3 is 0 Å². The summed E-state index contributed by atoms with van der Waals surface area (Å²) in [5.41, 5.74) is 4.62. The summed E-state index contributed by atoms with van der Waals surface area (Å²) in [6, 6.07) is 18.1. The van der Waals surface area contributed by atoms with E-state index in [9.17, 15) is 0 Å². The van der Waals surface area contributed by atoms with Gasteiger partial charge in [-0.05, 0) is 23.8 Å². The molecule has 4 rings (SSSR count). The van der Waals surface area contributed by atoms with Crippen LogP contribution in [0.3, 0.4) is 0 Å². The molecule has 0 bridgehead atoms. The van der Waals surface area contributed by atoms with E-state index in [0.29, 0.717) is 18.7 Å². The fraction of sp³-hybridized carbons (Fsp3) is 0.105. The maximum Gasteiger partial charge on any atom is 0.180 e. The topological polar surface area (TPSA) is 57.7 Å². The van der Waals surface area contributed by atoms with Crippen LogP contribution >= 0.6 is 11.6 Å². The number of benzene rings is 2. The Morgan fingerprint density at radius 2 is 1.68 bits per heavy atom. The number of hydrogen-bond acceptors (Lipinski definition) is 4. The number of anilines is 1. The van der Waals surface area contributed by atoms with Gasteiger partial charge in [-0.25, -0.2) is 15.0 Å². The second-order valence-electron chi connectivity index (χ2n) is 5.70. The van der Waals surface area contributed by atoms with Crippen molar-refractivity contribution in [2.75, 3.05) is 4.90 Å². The number of aromatic nitrogens is 4. The van der Waals surface area contributed by atoms with Gasteiger partial charge in [-0.3, -0.25) is 0 Å². The van der Waals surface area contributed by atoms with Crippen LogP contribution in [-0.2, 0) is 13.1 Å². The maximum atomic E-state index is 6.37. The Labute approximate surface area is 150 Å². The monoisotopic (exact) mass is 349 g/mol. The molecule has 2 aromatic carbocycles. The highest BCUT2D eigenvalue weighted by molar-refractivity contribution is 6.31. The Bertz CT molecular complexity index is 983. The highest BCUT2D eigenvalue weighted by Gasteiger charge is 2.14. The number of imidazole rings is 1. The SMILES string of the molecule is Clc1ccccc1CN(Cc1ncnc2nc[nH]c12)c1ccccc1. The molecule has 0 atom stereocenters. The first-order valence-corrected chi connectivity index (χ1v) is 8.35. The highest BCUT2D eigenvalue weighted by atomic mass is 35.5. The van der Waals surface area contributed by atoms with E-state index in [4.69, 9.17) is 11.6 Å². The fourth-order valence-electron chi connectivity index (χ4n) is 2.83. The molecule has 0 aliphatic rings. The first-order valence-electron chi connectivity index (χ1n) is 7.97. The predicted molar refractivity (Wildman–Crippen MR) is 99.5 cm³/mol. The molecule has 0 aliphatic heterocycles. The first-order chi connectivity index (χ1) is 12.3. The minimum atomic E-state index is 0.621. The molecule has 1 N–H and O–H groups in total. The summed E-state index contributed by atoms with van der Waals surface area (Å²) in [6.07, 6.45) is 3.20. The number of para-hydroxylation sites is 1. The molecule has 0 saturated heterocycles. The van der Waals surface area contributed by atoms with E-state index in [1.54, 1.807) is 12.7 Å². The first kappa shape index (κ1) is 15.6. The lowest BCUT2D eigenvalue weighted by molar-refractivity contribution is 0.783. The number of hydrogen-bond donors (Lipinski definition) is 1. The zero-order chi connectivity index (χ0) is 17.1. The van der Waals surface area contributed by atoms with E-state index in [1.807, 2.05) is 42.5 Å². The second-order valence-corrected chi connectivity index (χ2v) is 6.11. The molecule has 25 heavy (non-hydrogen) atoms. The van der Waals surface area contributed by atoms with E-state index in [1.165, 1.54) is 0 Å². The molecule has 0 radical (unpaired) electrons. The van der Waals surface area contributed by atoms with Crippen LogP contribution in [0.5, 0.6) is 0 Å². The summed E-state index contributed by atoms with van der Waals surface area (Å²) in [5, 5.41) is 0.762. The third-order valence-corrected chi connectivity index (χ3v) is 4.45. The van der Waals surface area contributed by atoms with Crippen molar-refractivity contribution in [1.29, 1.82) is 0 Å². The summed E-state index contributed by atoms with van der Waals surface area (Å²) < 4.78 is 0. The lowest BCUT2D eigenvalue weighted by Gasteiger charge is -2.25. The van der Waals surface area contributed by atoms with Crippen molar-refractivity contribution in [1.82, 2.24) is 19.9 Å². The van der Waals surface area contributed by atoms with Crippen molar-refractivity contribution in [3.05, 3.63) is 83.5 Å². The van der Waals surface area contributed by atoms with Crippen LogP contribution in [0, 0.1) is 0 Å². The average molecular weight is 350 g/mol. The van der Waals surface area contributed by atoms with Gasteiger partial charge in [0.2, 0.25) is 0 Å². The normalized spacial score (nSPS) is 10.9. The van der Waals surface area contributed by atoms with E-state index >= 15 is 0 Å². The molecule has 5 nitrogen and oxygen atoms in total. The zero-order valence-electron chi connectivity index (χ0n) is 13.4. The number of H-pyrrole nitrogens is 1. The van der Waals surface area contributed by atoms with Gasteiger partial charge < -0.3 is 9.88 Å². The molecule has 0 aliphatic carbocycles. The lowest BCUT2D eigenvalue weighted by atomic mass is 10.1. The summed E-state index contributed by atoms with van der Waals surface area (Å²) in [7, 11) is 0. The van der Waals surface area contributed by atoms with Crippen molar-refractivity contribution in [3.8, 4) is 0 Å². The number of nitrogens with zero attached hydrogens (tertiary/aromatic N) is 4. The van der Waals surface area contributed by atoms with Crippen molar-refractivity contribution in [2.45, 2.75) is 13.1 Å². The van der Waals surface area contributed by atoms with Gasteiger partial charge in [0.25, 0.3) is 0 Å². The van der Waals surface area contributed by atoms with Crippen LogP contribution in [0.2, 0.25) is 5.02 Å². The van der Waals surface area contributed by atoms with E-state index in [2.05, 4.69) is 37.0 Å². The van der Waals surface area contributed by atoms with Gasteiger partial charge in [0, 0.05) is 17.3 Å². The molecular weight excluding hydrogens is 334 g/mol. The summed E-state index contributed by atoms with van der Waals surface area (Å²) >= 11 is 6.37. The quantitative estimate of drug-likeness (QED) is 0.586. The van der Waals surface area contributed by atoms with Gasteiger partial charge in [0.15, 0.2) is 5.65 Å². The van der Waals surface area contributed by atoms with Gasteiger partial charge in [0.1, 0.15) is 11.8 Å². The molecule has 2 heterocycles. The smallest absolute Gasteiger partial charge is 0.180 e. The Balaban J connectivity index is 1.71. The summed E-state index contributed by atoms with van der Waals surface area (Å²) in [5.74, 6) is 0. The maximum absolute atomic E-state index is 6.37. The van der Waals surface area contributed by atoms with Gasteiger partial charge in [-0.2, -0.15) is 0 Å². The summed E-state index contributed by atoms with van der Waals surface area (Å²) in [6.45, 7) is 1.31. The number of fused-ring (bicyclic) bond motifs is 1. The van der Waals surface area contributed by atoms with Crippen molar-refractivity contribution < 1.29 is 0 Å². The zero-order valence-corrected chi connectivity index (χ0v) is 14.2. The third kappa shape index (κ3) is 3.32. The molecule has 0 saturated carbocycles. The van der Waals surface area contributed by atoms with E-state index in [0.717, 1.165) is 27.5 Å². The molecule has 124 valence electrons. The number of nitrogens with one attached hydrogen (secondary N) is 1. The van der Waals surface area contributed by atoms with Gasteiger partial charge in [0.05, 0.1) is 18.6 Å². The highest BCUT2D eigenvalue weighted by Crippen LogP contribution is 2.24. The molecule has 0 unspecified atom stereocenters. The predicted octanol–water partition coefficient (Wildman–Crippen LogP) is 4.21. The lowest BCUT2D eigenvalue weighted by Crippen LogP contribution is -2.23. The van der Waals surface area contributed by atoms with Crippen LogP contribution in [0.15, 0.2) is 67.3 Å². The molecule has 0 amide bonds. The Morgan fingerprint density at radius 1 is 0.880 bits per heavy atom. The average Bonchev–Trinajstić information content (AvgIpc) is 3.13. The van der Waals surface area contributed by atoms with Crippen molar-refractivity contribution >= 4 is 28.5 Å². The standard InChI is InChI=1S/C19H16ClN5/c20-16-9-5-4-6-14(16)10-25(15-7-2-1-3-8-15)11-17-18-19(23-12-21-17)24-13-22-18/h1-9,12-13H,10-11H2,(H,21,22,23,24). The fourth-order valence-corrected chi connectivity index (χ4v) is 3.02. The van der Waals surface area contributed by atoms with E-state index < -0.39 is 0 Å². The Morgan fingerprint density at radius 3 is 2.52 bits per heavy atom. The van der Waals surface area contributed by atoms with E-state index in [-0.39, 0.29) is 0 Å². The molecular formula is C19H16ClN5. The Hall–Kier alpha value is -2.92. The van der Waals surface area contributed by atoms with Crippen LogP contribution in [0.1, 0.15) is 11.3 Å². The summed E-state index contributed by atoms with van der Waals surface area (Å²) in [4.78, 5) is 18.2. The van der Waals surface area contributed by atoms with Gasteiger partial charge in [-0.1, -0.05) is 48.0 Å². The number of rotatable bonds is 5.